The molecule has 4 aliphatic rings. The van der Waals surface area contributed by atoms with Gasteiger partial charge in [0.05, 0.1) is 11.6 Å². The van der Waals surface area contributed by atoms with Gasteiger partial charge in [0.1, 0.15) is 5.60 Å². The summed E-state index contributed by atoms with van der Waals surface area (Å²) in [6.07, 6.45) is 5.03. The molecule has 5 rings (SSSR count). The molecule has 2 amide bonds. The van der Waals surface area contributed by atoms with Crippen LogP contribution in [0.25, 0.3) is 0 Å². The molecule has 1 aromatic rings. The zero-order chi connectivity index (χ0) is 17.1. The number of alkyl carbamates (subject to hydrolysis) is 1. The summed E-state index contributed by atoms with van der Waals surface area (Å²) in [4.78, 5) is 24.8. The fourth-order valence-corrected chi connectivity index (χ4v) is 4.96. The molecule has 4 aliphatic carbocycles. The van der Waals surface area contributed by atoms with Crippen LogP contribution in [-0.4, -0.2) is 33.8 Å². The summed E-state index contributed by atoms with van der Waals surface area (Å²) in [6.45, 7) is 6.05. The fraction of sp³-hybridized carbons (Fsp3) is 0.706. The summed E-state index contributed by atoms with van der Waals surface area (Å²) < 4.78 is 5.36. The Morgan fingerprint density at radius 3 is 2.88 bits per heavy atom. The van der Waals surface area contributed by atoms with Gasteiger partial charge in [-0.1, -0.05) is 0 Å². The maximum Gasteiger partial charge on any atom is 0.407 e. The first-order valence-electron chi connectivity index (χ1n) is 8.57. The Labute approximate surface area is 140 Å². The van der Waals surface area contributed by atoms with E-state index in [9.17, 15) is 9.59 Å². The van der Waals surface area contributed by atoms with Crippen molar-refractivity contribution in [2.75, 3.05) is 0 Å². The van der Waals surface area contributed by atoms with Crippen LogP contribution < -0.4 is 10.6 Å². The number of hydrogen-bond acceptors (Lipinski definition) is 4. The smallest absolute Gasteiger partial charge is 0.407 e. The minimum atomic E-state index is -0.506. The van der Waals surface area contributed by atoms with Crippen molar-refractivity contribution < 1.29 is 14.3 Å². The van der Waals surface area contributed by atoms with Crippen LogP contribution in [0.1, 0.15) is 39.2 Å². The number of aromatic nitrogens is 2. The molecule has 7 heteroatoms. The van der Waals surface area contributed by atoms with Gasteiger partial charge in [-0.25, -0.2) is 4.79 Å². The van der Waals surface area contributed by atoms with Crippen LogP contribution in [0.5, 0.6) is 0 Å². The predicted octanol–water partition coefficient (Wildman–Crippen LogP) is 1.58. The number of hydrogen-bond donors (Lipinski definition) is 3. The summed E-state index contributed by atoms with van der Waals surface area (Å²) in [6, 6.07) is 0.0736. The lowest BCUT2D eigenvalue weighted by molar-refractivity contribution is -0.127. The van der Waals surface area contributed by atoms with E-state index in [1.165, 1.54) is 0 Å². The van der Waals surface area contributed by atoms with Crippen LogP contribution >= 0.6 is 0 Å². The highest BCUT2D eigenvalue weighted by Crippen LogP contribution is 2.79. The second-order valence-corrected chi connectivity index (χ2v) is 8.33. The predicted molar refractivity (Wildman–Crippen MR) is 85.7 cm³/mol. The third-order valence-corrected chi connectivity index (χ3v) is 5.75. The van der Waals surface area contributed by atoms with Gasteiger partial charge in [-0.3, -0.25) is 9.89 Å². The van der Waals surface area contributed by atoms with E-state index in [-0.39, 0.29) is 29.4 Å². The Balaban J connectivity index is 1.37. The first-order valence-corrected chi connectivity index (χ1v) is 8.57. The van der Waals surface area contributed by atoms with Crippen molar-refractivity contribution in [2.45, 2.75) is 51.8 Å². The molecular weight excluding hydrogens is 308 g/mol. The molecule has 5 unspecified atom stereocenters. The van der Waals surface area contributed by atoms with Gasteiger partial charge in [-0.2, -0.15) is 5.10 Å². The van der Waals surface area contributed by atoms with E-state index in [1.807, 2.05) is 20.8 Å². The normalized spacial score (nSPS) is 35.6. The lowest BCUT2D eigenvalue weighted by Gasteiger charge is -2.23. The molecule has 4 saturated carbocycles. The van der Waals surface area contributed by atoms with Crippen molar-refractivity contribution in [3.8, 4) is 0 Å². The summed E-state index contributed by atoms with van der Waals surface area (Å²) in [5, 5.41) is 12.7. The van der Waals surface area contributed by atoms with Crippen molar-refractivity contribution in [1.82, 2.24) is 20.8 Å². The Bertz CT molecular complexity index is 666. The summed E-state index contributed by atoms with van der Waals surface area (Å²) in [5.74, 6) is 1.19. The zero-order valence-electron chi connectivity index (χ0n) is 14.3. The average molecular weight is 332 g/mol. The van der Waals surface area contributed by atoms with Crippen LogP contribution in [0.3, 0.4) is 0 Å². The molecule has 130 valence electrons. The number of aromatic amines is 1. The first-order chi connectivity index (χ1) is 11.3. The van der Waals surface area contributed by atoms with Gasteiger partial charge in [0.15, 0.2) is 0 Å². The van der Waals surface area contributed by atoms with E-state index in [0.717, 1.165) is 18.4 Å². The van der Waals surface area contributed by atoms with Crippen LogP contribution in [0.4, 0.5) is 4.79 Å². The summed E-state index contributed by atoms with van der Waals surface area (Å²) in [5.41, 5.74) is 0.188. The monoisotopic (exact) mass is 332 g/mol. The Hall–Kier alpha value is -2.05. The molecule has 7 nitrogen and oxygen atoms in total. The molecule has 0 aromatic carbocycles. The molecule has 1 heterocycles. The number of nitrogens with one attached hydrogen (secondary N) is 3. The molecule has 0 spiro atoms. The van der Waals surface area contributed by atoms with Gasteiger partial charge < -0.3 is 15.4 Å². The SMILES string of the molecule is CC(C)(C)OC(=O)NC1C2CC3C1C3(C(=O)NCc1cn[nH]c1)C2. The second-order valence-electron chi connectivity index (χ2n) is 8.33. The maximum atomic E-state index is 12.7. The third-order valence-electron chi connectivity index (χ3n) is 5.75. The highest BCUT2D eigenvalue weighted by atomic mass is 16.6. The van der Waals surface area contributed by atoms with Gasteiger partial charge in [0.2, 0.25) is 5.91 Å². The third kappa shape index (κ3) is 2.29. The van der Waals surface area contributed by atoms with E-state index < -0.39 is 5.60 Å². The lowest BCUT2D eigenvalue weighted by atomic mass is 10.0. The first kappa shape index (κ1) is 15.5. The minimum Gasteiger partial charge on any atom is -0.444 e. The molecule has 0 radical (unpaired) electrons. The number of carbonyl (C=O) groups excluding carboxylic acids is 2. The van der Waals surface area contributed by atoms with Gasteiger partial charge in [-0.15, -0.1) is 0 Å². The molecular formula is C17H24N4O3. The molecule has 0 aliphatic heterocycles. The maximum absolute atomic E-state index is 12.7. The van der Waals surface area contributed by atoms with Crippen molar-refractivity contribution in [2.24, 2.45) is 23.2 Å². The highest BCUT2D eigenvalue weighted by molar-refractivity contribution is 5.89. The highest BCUT2D eigenvalue weighted by Gasteiger charge is 2.82. The van der Waals surface area contributed by atoms with Crippen LogP contribution in [0.15, 0.2) is 12.4 Å². The van der Waals surface area contributed by atoms with Crippen LogP contribution in [-0.2, 0) is 16.1 Å². The Morgan fingerprint density at radius 1 is 1.46 bits per heavy atom. The van der Waals surface area contributed by atoms with E-state index in [4.69, 9.17) is 4.74 Å². The molecule has 1 aromatic heterocycles. The standard InChI is InChI=1S/C17H24N4O3/c1-16(2,3)24-15(23)21-13-10-4-11-12(13)17(11,5-10)14(22)18-6-9-7-19-20-8-9/h7-8,10-13H,4-6H2,1-3H3,(H,18,22)(H,19,20)(H,21,23). The minimum absolute atomic E-state index is 0.0736. The Morgan fingerprint density at radius 2 is 2.25 bits per heavy atom. The molecule has 0 saturated heterocycles. The fourth-order valence-electron chi connectivity index (χ4n) is 4.96. The van der Waals surface area contributed by atoms with Gasteiger partial charge in [-0.05, 0) is 51.4 Å². The molecule has 24 heavy (non-hydrogen) atoms. The van der Waals surface area contributed by atoms with Crippen molar-refractivity contribution in [1.29, 1.82) is 0 Å². The number of carbonyl (C=O) groups is 2. The van der Waals surface area contributed by atoms with E-state index in [1.54, 1.807) is 12.4 Å². The summed E-state index contributed by atoms with van der Waals surface area (Å²) >= 11 is 0. The molecule has 4 fully saturated rings. The van der Waals surface area contributed by atoms with Gasteiger partial charge in [0, 0.05) is 24.3 Å². The number of rotatable bonds is 4. The van der Waals surface area contributed by atoms with Crippen molar-refractivity contribution in [3.63, 3.8) is 0 Å². The van der Waals surface area contributed by atoms with Crippen LogP contribution in [0, 0.1) is 23.2 Å². The quantitative estimate of drug-likeness (QED) is 0.780. The van der Waals surface area contributed by atoms with Crippen molar-refractivity contribution in [3.05, 3.63) is 18.0 Å². The van der Waals surface area contributed by atoms with Crippen LogP contribution in [0.2, 0.25) is 0 Å². The average Bonchev–Trinajstić information content (AvgIpc) is 3.02. The number of amides is 2. The number of ether oxygens (including phenoxy) is 1. The van der Waals surface area contributed by atoms with Crippen molar-refractivity contribution >= 4 is 12.0 Å². The van der Waals surface area contributed by atoms with Gasteiger partial charge in [0.25, 0.3) is 0 Å². The van der Waals surface area contributed by atoms with E-state index >= 15 is 0 Å². The zero-order valence-corrected chi connectivity index (χ0v) is 14.3. The number of nitrogens with zero attached hydrogens (tertiary/aromatic N) is 1. The van der Waals surface area contributed by atoms with Gasteiger partial charge >= 0.3 is 6.09 Å². The topological polar surface area (TPSA) is 96.1 Å². The number of H-pyrrole nitrogens is 1. The van der Waals surface area contributed by atoms with E-state index in [0.29, 0.717) is 18.4 Å². The summed E-state index contributed by atoms with van der Waals surface area (Å²) in [7, 11) is 0. The Kier molecular flexibility index (Phi) is 3.21. The second kappa shape index (κ2) is 4.97. The van der Waals surface area contributed by atoms with E-state index in [2.05, 4.69) is 20.8 Å². The molecule has 3 N–H and O–H groups in total. The lowest BCUT2D eigenvalue weighted by Crippen LogP contribution is -2.41. The molecule has 5 atom stereocenters. The largest absolute Gasteiger partial charge is 0.444 e. The molecule has 4 bridgehead atoms.